The van der Waals surface area contributed by atoms with Gasteiger partial charge in [0, 0.05) is 36.3 Å². The molecular formula is C21H23F3N4O2. The third kappa shape index (κ3) is 4.24. The number of aryl methyl sites for hydroxylation is 1. The molecule has 0 aliphatic heterocycles. The highest BCUT2D eigenvalue weighted by Crippen LogP contribution is 2.31. The Kier molecular flexibility index (Phi) is 5.74. The first-order valence-corrected chi connectivity index (χ1v) is 9.55. The van der Waals surface area contributed by atoms with Crippen molar-refractivity contribution < 1.29 is 18.0 Å². The average Bonchev–Trinajstić information content (AvgIpc) is 3.13. The molecule has 30 heavy (non-hydrogen) atoms. The molecule has 160 valence electrons. The van der Waals surface area contributed by atoms with Crippen molar-refractivity contribution >= 4 is 16.8 Å². The van der Waals surface area contributed by atoms with Crippen molar-refractivity contribution in [3.63, 3.8) is 0 Å². The minimum Gasteiger partial charge on any atom is -0.346 e. The number of alkyl halides is 3. The van der Waals surface area contributed by atoms with Crippen LogP contribution in [0.2, 0.25) is 0 Å². The lowest BCUT2D eigenvalue weighted by atomic mass is 10.1. The Hall–Kier alpha value is -3.10. The SMILES string of the molecule is Cc1ccc2c(c1)c(=O)cc(C(F)(F)F)n2C[C@@H](C)NC(=O)c1ccnn1C(C)C. The maximum Gasteiger partial charge on any atom is 0.431 e. The molecule has 0 fully saturated rings. The Morgan fingerprint density at radius 3 is 2.50 bits per heavy atom. The standard InChI is InChI=1S/C21H23F3N4O2/c1-12(2)28-17(7-8-25-28)20(30)26-14(4)11-27-16-6-5-13(3)9-15(16)18(29)10-19(27)21(22,23)24/h5-10,12,14H,11H2,1-4H3,(H,26,30)/t14-/m1/s1. The fourth-order valence-electron chi connectivity index (χ4n) is 3.45. The van der Waals surface area contributed by atoms with Gasteiger partial charge in [-0.05, 0) is 45.9 Å². The van der Waals surface area contributed by atoms with Crippen LogP contribution in [0.15, 0.2) is 41.3 Å². The summed E-state index contributed by atoms with van der Waals surface area (Å²) in [5.74, 6) is -0.427. The predicted octanol–water partition coefficient (Wildman–Crippen LogP) is 3.92. The van der Waals surface area contributed by atoms with E-state index >= 15 is 0 Å². The van der Waals surface area contributed by atoms with Crippen LogP contribution in [0.3, 0.4) is 0 Å². The van der Waals surface area contributed by atoms with Crippen molar-refractivity contribution in [2.75, 3.05) is 0 Å². The molecule has 1 amide bonds. The van der Waals surface area contributed by atoms with E-state index in [2.05, 4.69) is 10.4 Å². The molecule has 6 nitrogen and oxygen atoms in total. The van der Waals surface area contributed by atoms with Crippen LogP contribution in [0.5, 0.6) is 0 Å². The first-order valence-electron chi connectivity index (χ1n) is 9.55. The second-order valence-electron chi connectivity index (χ2n) is 7.65. The third-order valence-electron chi connectivity index (χ3n) is 4.78. The first kappa shape index (κ1) is 21.6. The summed E-state index contributed by atoms with van der Waals surface area (Å²) >= 11 is 0. The van der Waals surface area contributed by atoms with E-state index in [-0.39, 0.29) is 23.5 Å². The van der Waals surface area contributed by atoms with Gasteiger partial charge < -0.3 is 9.88 Å². The molecular weight excluding hydrogens is 397 g/mol. The number of benzene rings is 1. The molecule has 2 heterocycles. The number of aromatic nitrogens is 3. The Balaban J connectivity index is 1.98. The van der Waals surface area contributed by atoms with E-state index in [1.54, 1.807) is 36.7 Å². The highest BCUT2D eigenvalue weighted by Gasteiger charge is 2.35. The van der Waals surface area contributed by atoms with Gasteiger partial charge in [0.1, 0.15) is 11.4 Å². The molecule has 0 bridgehead atoms. The fourth-order valence-corrected chi connectivity index (χ4v) is 3.45. The van der Waals surface area contributed by atoms with Crippen LogP contribution in [0.1, 0.15) is 48.6 Å². The van der Waals surface area contributed by atoms with Gasteiger partial charge in [-0.1, -0.05) is 11.6 Å². The van der Waals surface area contributed by atoms with Crippen LogP contribution >= 0.6 is 0 Å². The summed E-state index contributed by atoms with van der Waals surface area (Å²) < 4.78 is 43.5. The number of hydrogen-bond acceptors (Lipinski definition) is 3. The number of fused-ring (bicyclic) bond motifs is 1. The highest BCUT2D eigenvalue weighted by molar-refractivity contribution is 5.92. The van der Waals surface area contributed by atoms with Crippen molar-refractivity contribution in [1.29, 1.82) is 0 Å². The van der Waals surface area contributed by atoms with Crippen molar-refractivity contribution in [3.05, 3.63) is 63.7 Å². The van der Waals surface area contributed by atoms with Crippen molar-refractivity contribution in [1.82, 2.24) is 19.7 Å². The molecule has 0 aliphatic carbocycles. The van der Waals surface area contributed by atoms with Gasteiger partial charge in [0.05, 0.1) is 5.52 Å². The molecule has 1 atom stereocenters. The number of hydrogen-bond donors (Lipinski definition) is 1. The van der Waals surface area contributed by atoms with Crippen LogP contribution in [-0.2, 0) is 12.7 Å². The van der Waals surface area contributed by atoms with Gasteiger partial charge >= 0.3 is 6.18 Å². The van der Waals surface area contributed by atoms with Gasteiger partial charge in [-0.15, -0.1) is 0 Å². The molecule has 1 N–H and O–H groups in total. The number of carbonyl (C=O) groups excluding carboxylic acids is 1. The van der Waals surface area contributed by atoms with Gasteiger partial charge in [0.15, 0.2) is 5.43 Å². The summed E-state index contributed by atoms with van der Waals surface area (Å²) in [6.45, 7) is 6.97. The summed E-state index contributed by atoms with van der Waals surface area (Å²) in [7, 11) is 0. The van der Waals surface area contributed by atoms with Crippen molar-refractivity contribution in [3.8, 4) is 0 Å². The van der Waals surface area contributed by atoms with E-state index in [1.807, 2.05) is 13.8 Å². The van der Waals surface area contributed by atoms with Gasteiger partial charge in [0.2, 0.25) is 0 Å². The first-order chi connectivity index (χ1) is 14.0. The summed E-state index contributed by atoms with van der Waals surface area (Å²) in [5.41, 5.74) is -0.455. The fraction of sp³-hybridized carbons (Fsp3) is 0.381. The Labute approximate surface area is 171 Å². The maximum atomic E-state index is 13.7. The lowest BCUT2D eigenvalue weighted by Crippen LogP contribution is -2.38. The number of carbonyl (C=O) groups is 1. The van der Waals surface area contributed by atoms with E-state index in [9.17, 15) is 22.8 Å². The Morgan fingerprint density at radius 2 is 1.87 bits per heavy atom. The molecule has 0 spiro atoms. The normalized spacial score (nSPS) is 13.1. The Bertz CT molecular complexity index is 1150. The van der Waals surface area contributed by atoms with E-state index < -0.39 is 29.2 Å². The zero-order chi connectivity index (χ0) is 22.2. The molecule has 0 radical (unpaired) electrons. The number of pyridine rings is 1. The summed E-state index contributed by atoms with van der Waals surface area (Å²) in [4.78, 5) is 24.9. The minimum absolute atomic E-state index is 0.0426. The van der Waals surface area contributed by atoms with Gasteiger partial charge in [-0.25, -0.2) is 0 Å². The second-order valence-corrected chi connectivity index (χ2v) is 7.65. The molecule has 2 aromatic heterocycles. The van der Waals surface area contributed by atoms with Gasteiger partial charge in [0.25, 0.3) is 5.91 Å². The Morgan fingerprint density at radius 1 is 1.17 bits per heavy atom. The summed E-state index contributed by atoms with van der Waals surface area (Å²) in [6.07, 6.45) is -3.21. The topological polar surface area (TPSA) is 68.9 Å². The molecule has 0 saturated heterocycles. The minimum atomic E-state index is -4.71. The molecule has 9 heteroatoms. The maximum absolute atomic E-state index is 13.7. The van der Waals surface area contributed by atoms with E-state index in [4.69, 9.17) is 0 Å². The highest BCUT2D eigenvalue weighted by atomic mass is 19.4. The number of nitrogens with one attached hydrogen (secondary N) is 1. The largest absolute Gasteiger partial charge is 0.431 e. The van der Waals surface area contributed by atoms with Crippen LogP contribution in [-0.4, -0.2) is 26.3 Å². The zero-order valence-electron chi connectivity index (χ0n) is 17.1. The van der Waals surface area contributed by atoms with Gasteiger partial charge in [-0.2, -0.15) is 18.3 Å². The smallest absolute Gasteiger partial charge is 0.346 e. The average molecular weight is 420 g/mol. The molecule has 0 aliphatic rings. The number of halogens is 3. The van der Waals surface area contributed by atoms with Crippen LogP contribution < -0.4 is 10.7 Å². The predicted molar refractivity (Wildman–Crippen MR) is 107 cm³/mol. The number of nitrogens with zero attached hydrogens (tertiary/aromatic N) is 3. The zero-order valence-corrected chi connectivity index (χ0v) is 17.1. The van der Waals surface area contributed by atoms with Gasteiger partial charge in [-0.3, -0.25) is 14.3 Å². The van der Waals surface area contributed by atoms with Crippen LogP contribution in [0, 0.1) is 6.92 Å². The second kappa shape index (κ2) is 7.97. The molecule has 3 rings (SSSR count). The van der Waals surface area contributed by atoms with Crippen molar-refractivity contribution in [2.45, 2.75) is 52.5 Å². The van der Waals surface area contributed by atoms with E-state index in [0.29, 0.717) is 11.8 Å². The van der Waals surface area contributed by atoms with Crippen LogP contribution in [0.4, 0.5) is 13.2 Å². The number of rotatable bonds is 5. The summed E-state index contributed by atoms with van der Waals surface area (Å²) in [5, 5.41) is 7.04. The van der Waals surface area contributed by atoms with E-state index in [1.165, 1.54) is 12.3 Å². The lowest BCUT2D eigenvalue weighted by Gasteiger charge is -2.23. The molecule has 3 aromatic rings. The monoisotopic (exact) mass is 420 g/mol. The van der Waals surface area contributed by atoms with Crippen LogP contribution in [0.25, 0.3) is 10.9 Å². The third-order valence-corrected chi connectivity index (χ3v) is 4.78. The van der Waals surface area contributed by atoms with Crippen molar-refractivity contribution in [2.24, 2.45) is 0 Å². The summed E-state index contributed by atoms with van der Waals surface area (Å²) in [6, 6.07) is 6.22. The molecule has 0 saturated carbocycles. The molecule has 1 aromatic carbocycles. The number of amides is 1. The molecule has 0 unspecified atom stereocenters. The lowest BCUT2D eigenvalue weighted by molar-refractivity contribution is -0.143. The van der Waals surface area contributed by atoms with E-state index in [0.717, 1.165) is 10.1 Å². The quantitative estimate of drug-likeness (QED) is 0.680.